The maximum atomic E-state index is 12.2. The lowest BCUT2D eigenvalue weighted by Gasteiger charge is -2.31. The van der Waals surface area contributed by atoms with Gasteiger partial charge in [-0.1, -0.05) is 49.4 Å². The standard InChI is InChI=1S/C23H29N3O2/c1-2-20-9-6-10-21(23(20)28)16-24-25-22(27)17-26-13-11-19(12-14-26)15-18-7-4-3-5-8-18/h3-10,16,19,28H,2,11-15,17H2,1H3,(H,25,27)/b24-16+. The van der Waals surface area contributed by atoms with E-state index in [1.54, 1.807) is 6.07 Å². The summed E-state index contributed by atoms with van der Waals surface area (Å²) in [4.78, 5) is 14.3. The van der Waals surface area contributed by atoms with Gasteiger partial charge >= 0.3 is 0 Å². The average molecular weight is 380 g/mol. The number of carbonyl (C=O) groups excluding carboxylic acids is 1. The Hall–Kier alpha value is -2.66. The zero-order chi connectivity index (χ0) is 19.8. The molecule has 1 saturated heterocycles. The van der Waals surface area contributed by atoms with E-state index in [0.717, 1.165) is 44.3 Å². The van der Waals surface area contributed by atoms with Crippen molar-refractivity contribution in [1.82, 2.24) is 10.3 Å². The fourth-order valence-electron chi connectivity index (χ4n) is 3.71. The molecule has 148 valence electrons. The van der Waals surface area contributed by atoms with Crippen LogP contribution in [0, 0.1) is 5.92 Å². The van der Waals surface area contributed by atoms with Crippen LogP contribution in [0.1, 0.15) is 36.5 Å². The largest absolute Gasteiger partial charge is 0.507 e. The Morgan fingerprint density at radius 2 is 1.93 bits per heavy atom. The van der Waals surface area contributed by atoms with Crippen LogP contribution in [-0.2, 0) is 17.6 Å². The number of phenols is 1. The molecular formula is C23H29N3O2. The van der Waals surface area contributed by atoms with E-state index in [9.17, 15) is 9.90 Å². The number of carbonyl (C=O) groups is 1. The van der Waals surface area contributed by atoms with Gasteiger partial charge in [0.05, 0.1) is 12.8 Å². The number of para-hydroxylation sites is 1. The third-order valence-electron chi connectivity index (χ3n) is 5.37. The van der Waals surface area contributed by atoms with Gasteiger partial charge in [0.25, 0.3) is 5.91 Å². The van der Waals surface area contributed by atoms with E-state index in [1.165, 1.54) is 11.8 Å². The maximum Gasteiger partial charge on any atom is 0.254 e. The van der Waals surface area contributed by atoms with Gasteiger partial charge in [0, 0.05) is 5.56 Å². The first-order valence-electron chi connectivity index (χ1n) is 10.0. The minimum absolute atomic E-state index is 0.121. The van der Waals surface area contributed by atoms with Crippen molar-refractivity contribution in [3.8, 4) is 5.75 Å². The van der Waals surface area contributed by atoms with Crippen molar-refractivity contribution in [3.05, 3.63) is 65.2 Å². The van der Waals surface area contributed by atoms with Gasteiger partial charge in [0.1, 0.15) is 5.75 Å². The summed E-state index contributed by atoms with van der Waals surface area (Å²) in [5.74, 6) is 0.793. The summed E-state index contributed by atoms with van der Waals surface area (Å²) in [6.07, 6.45) is 5.59. The first kappa shape index (κ1) is 20.1. The molecule has 2 aromatic rings. The van der Waals surface area contributed by atoms with Crippen LogP contribution in [0.4, 0.5) is 0 Å². The SMILES string of the molecule is CCc1cccc(/C=N/NC(=O)CN2CCC(Cc3ccccc3)CC2)c1O. The van der Waals surface area contributed by atoms with Gasteiger partial charge in [-0.05, 0) is 61.9 Å². The Bertz CT molecular complexity index is 797. The number of benzene rings is 2. The van der Waals surface area contributed by atoms with E-state index in [0.29, 0.717) is 18.0 Å². The molecule has 2 N–H and O–H groups in total. The van der Waals surface area contributed by atoms with Gasteiger partial charge in [-0.15, -0.1) is 0 Å². The van der Waals surface area contributed by atoms with Gasteiger partial charge in [0.2, 0.25) is 0 Å². The zero-order valence-electron chi connectivity index (χ0n) is 16.5. The molecule has 2 aromatic carbocycles. The molecule has 0 atom stereocenters. The number of nitrogens with one attached hydrogen (secondary N) is 1. The van der Waals surface area contributed by atoms with Gasteiger partial charge in [0.15, 0.2) is 0 Å². The third-order valence-corrected chi connectivity index (χ3v) is 5.37. The Morgan fingerprint density at radius 1 is 1.18 bits per heavy atom. The van der Waals surface area contributed by atoms with E-state index < -0.39 is 0 Å². The highest BCUT2D eigenvalue weighted by molar-refractivity contribution is 5.86. The predicted octanol–water partition coefficient (Wildman–Crippen LogP) is 3.36. The Balaban J connectivity index is 1.41. The van der Waals surface area contributed by atoms with Crippen LogP contribution in [0.5, 0.6) is 5.75 Å². The van der Waals surface area contributed by atoms with E-state index in [2.05, 4.69) is 45.8 Å². The lowest BCUT2D eigenvalue weighted by Crippen LogP contribution is -2.40. The van der Waals surface area contributed by atoms with Gasteiger partial charge in [-0.2, -0.15) is 5.10 Å². The lowest BCUT2D eigenvalue weighted by molar-refractivity contribution is -0.122. The fraction of sp³-hybridized carbons (Fsp3) is 0.391. The van der Waals surface area contributed by atoms with Crippen molar-refractivity contribution in [1.29, 1.82) is 0 Å². The molecule has 1 fully saturated rings. The molecule has 0 bridgehead atoms. The van der Waals surface area contributed by atoms with Crippen molar-refractivity contribution in [2.45, 2.75) is 32.6 Å². The van der Waals surface area contributed by atoms with Crippen LogP contribution >= 0.6 is 0 Å². The highest BCUT2D eigenvalue weighted by atomic mass is 16.3. The molecule has 0 unspecified atom stereocenters. The first-order valence-corrected chi connectivity index (χ1v) is 10.0. The van der Waals surface area contributed by atoms with Crippen molar-refractivity contribution in [3.63, 3.8) is 0 Å². The maximum absolute atomic E-state index is 12.2. The normalized spacial score (nSPS) is 15.8. The predicted molar refractivity (Wildman–Crippen MR) is 113 cm³/mol. The molecule has 1 amide bonds. The topological polar surface area (TPSA) is 64.9 Å². The molecule has 28 heavy (non-hydrogen) atoms. The minimum Gasteiger partial charge on any atom is -0.507 e. The summed E-state index contributed by atoms with van der Waals surface area (Å²) < 4.78 is 0. The molecule has 1 aliphatic rings. The van der Waals surface area contributed by atoms with E-state index >= 15 is 0 Å². The zero-order valence-corrected chi connectivity index (χ0v) is 16.5. The van der Waals surface area contributed by atoms with Gasteiger partial charge in [-0.25, -0.2) is 5.43 Å². The number of amides is 1. The monoisotopic (exact) mass is 379 g/mol. The number of likely N-dealkylation sites (tertiary alicyclic amines) is 1. The highest BCUT2D eigenvalue weighted by Gasteiger charge is 2.20. The fourth-order valence-corrected chi connectivity index (χ4v) is 3.71. The van der Waals surface area contributed by atoms with Crippen LogP contribution in [0.25, 0.3) is 0 Å². The molecule has 1 aliphatic heterocycles. The van der Waals surface area contributed by atoms with Crippen molar-refractivity contribution in [2.24, 2.45) is 11.0 Å². The second kappa shape index (κ2) is 10.0. The summed E-state index contributed by atoms with van der Waals surface area (Å²) >= 11 is 0. The lowest BCUT2D eigenvalue weighted by atomic mass is 9.90. The molecular weight excluding hydrogens is 350 g/mol. The summed E-state index contributed by atoms with van der Waals surface area (Å²) in [6.45, 7) is 4.22. The minimum atomic E-state index is -0.121. The molecule has 0 radical (unpaired) electrons. The quantitative estimate of drug-likeness (QED) is 0.573. The molecule has 5 nitrogen and oxygen atoms in total. The van der Waals surface area contributed by atoms with Gasteiger partial charge < -0.3 is 5.11 Å². The van der Waals surface area contributed by atoms with Crippen LogP contribution in [-0.4, -0.2) is 41.8 Å². The number of hydrazone groups is 1. The molecule has 0 saturated carbocycles. The third kappa shape index (κ3) is 5.67. The van der Waals surface area contributed by atoms with Crippen LogP contribution in [0.3, 0.4) is 0 Å². The number of piperidine rings is 1. The van der Waals surface area contributed by atoms with Crippen molar-refractivity contribution < 1.29 is 9.90 Å². The Morgan fingerprint density at radius 3 is 2.64 bits per heavy atom. The summed E-state index contributed by atoms with van der Waals surface area (Å²) in [5, 5.41) is 14.1. The number of phenolic OH excluding ortho intramolecular Hbond substituents is 1. The van der Waals surface area contributed by atoms with Gasteiger partial charge in [-0.3, -0.25) is 9.69 Å². The van der Waals surface area contributed by atoms with Crippen LogP contribution < -0.4 is 5.43 Å². The number of aromatic hydroxyl groups is 1. The summed E-state index contributed by atoms with van der Waals surface area (Å²) in [7, 11) is 0. The second-order valence-electron chi connectivity index (χ2n) is 7.41. The Kier molecular flexibility index (Phi) is 7.20. The smallest absolute Gasteiger partial charge is 0.254 e. The number of aryl methyl sites for hydroxylation is 1. The number of hydrogen-bond donors (Lipinski definition) is 2. The molecule has 0 aliphatic carbocycles. The van der Waals surface area contributed by atoms with E-state index in [-0.39, 0.29) is 11.7 Å². The molecule has 0 aromatic heterocycles. The van der Waals surface area contributed by atoms with Crippen LogP contribution in [0.2, 0.25) is 0 Å². The first-order chi connectivity index (χ1) is 13.7. The highest BCUT2D eigenvalue weighted by Crippen LogP contribution is 2.22. The second-order valence-corrected chi connectivity index (χ2v) is 7.41. The van der Waals surface area contributed by atoms with Crippen molar-refractivity contribution >= 4 is 12.1 Å². The molecule has 1 heterocycles. The summed E-state index contributed by atoms with van der Waals surface area (Å²) in [6, 6.07) is 16.1. The molecule has 0 spiro atoms. The van der Waals surface area contributed by atoms with Crippen LogP contribution in [0.15, 0.2) is 53.6 Å². The number of hydrogen-bond acceptors (Lipinski definition) is 4. The number of nitrogens with zero attached hydrogens (tertiary/aromatic N) is 2. The average Bonchev–Trinajstić information content (AvgIpc) is 2.71. The number of rotatable bonds is 7. The molecule has 5 heteroatoms. The summed E-state index contributed by atoms with van der Waals surface area (Å²) in [5.41, 5.74) is 5.45. The molecule has 3 rings (SSSR count). The van der Waals surface area contributed by atoms with E-state index in [1.807, 2.05) is 19.1 Å². The van der Waals surface area contributed by atoms with Crippen molar-refractivity contribution in [2.75, 3.05) is 19.6 Å². The Labute approximate surface area is 167 Å². The van der Waals surface area contributed by atoms with E-state index in [4.69, 9.17) is 0 Å².